The number of benzene rings is 1. The monoisotopic (exact) mass is 397 g/mol. The molecule has 13 heteroatoms. The van der Waals surface area contributed by atoms with Gasteiger partial charge in [0.2, 0.25) is 11.1 Å². The van der Waals surface area contributed by atoms with E-state index in [2.05, 4.69) is 20.3 Å². The van der Waals surface area contributed by atoms with Gasteiger partial charge in [0.15, 0.2) is 0 Å². The van der Waals surface area contributed by atoms with E-state index in [4.69, 9.17) is 5.84 Å². The molecule has 0 radical (unpaired) electrons. The first-order valence-corrected chi connectivity index (χ1v) is 7.86. The third kappa shape index (κ3) is 5.47. The second-order valence-corrected chi connectivity index (χ2v) is 5.70. The second-order valence-electron chi connectivity index (χ2n) is 4.76. The molecule has 0 unspecified atom stereocenters. The molecular formula is C13H12F5N5O2S. The van der Waals surface area contributed by atoms with E-state index in [0.29, 0.717) is 17.3 Å². The van der Waals surface area contributed by atoms with E-state index >= 15 is 0 Å². The van der Waals surface area contributed by atoms with Gasteiger partial charge in [0.25, 0.3) is 5.82 Å². The lowest BCUT2D eigenvalue weighted by molar-refractivity contribution is -0.146. The molecule has 0 bridgehead atoms. The molecule has 7 nitrogen and oxygen atoms in total. The molecule has 26 heavy (non-hydrogen) atoms. The number of nitrogen functional groups attached to an aromatic ring is 1. The van der Waals surface area contributed by atoms with Crippen molar-refractivity contribution in [3.8, 4) is 5.75 Å². The molecule has 3 N–H and O–H groups in total. The highest BCUT2D eigenvalue weighted by molar-refractivity contribution is 7.99. The topological polar surface area (TPSA) is 95.1 Å². The number of ether oxygens (including phenoxy) is 1. The number of hydrogen-bond acceptors (Lipinski definition) is 6. The summed E-state index contributed by atoms with van der Waals surface area (Å²) in [6, 6.07) is 5.60. The van der Waals surface area contributed by atoms with Crippen LogP contribution in [0.3, 0.4) is 0 Å². The first kappa shape index (κ1) is 19.8. The van der Waals surface area contributed by atoms with Crippen molar-refractivity contribution in [1.29, 1.82) is 0 Å². The van der Waals surface area contributed by atoms with E-state index in [1.54, 1.807) is 0 Å². The van der Waals surface area contributed by atoms with Crippen LogP contribution in [0.5, 0.6) is 5.75 Å². The number of carbonyl (C=O) groups excluding carboxylic acids is 1. The molecule has 0 fully saturated rings. The summed E-state index contributed by atoms with van der Waals surface area (Å²) < 4.78 is 66.1. The standard InChI is InChI=1S/C13H12F5N5O2S/c14-11(15)25-8-3-1-7(2-4-8)5-20-9(24)6-26-12-22-21-10(23(12)19)13(16,17)18/h1-4,11H,5-6,19H2,(H,20,24). The smallest absolute Gasteiger partial charge is 0.435 e. The SMILES string of the molecule is Nn1c(SCC(=O)NCc2ccc(OC(F)F)cc2)nnc1C(F)(F)F. The van der Waals surface area contributed by atoms with Gasteiger partial charge in [-0.1, -0.05) is 23.9 Å². The maximum absolute atomic E-state index is 12.5. The number of aromatic nitrogens is 3. The number of nitrogens with zero attached hydrogens (tertiary/aromatic N) is 3. The lowest BCUT2D eigenvalue weighted by atomic mass is 10.2. The van der Waals surface area contributed by atoms with Gasteiger partial charge >= 0.3 is 12.8 Å². The maximum Gasteiger partial charge on any atom is 0.453 e. The summed E-state index contributed by atoms with van der Waals surface area (Å²) in [4.78, 5) is 11.7. The zero-order valence-corrected chi connectivity index (χ0v) is 13.7. The Balaban J connectivity index is 1.82. The van der Waals surface area contributed by atoms with Crippen molar-refractivity contribution in [2.75, 3.05) is 11.6 Å². The molecule has 1 heterocycles. The fourth-order valence-corrected chi connectivity index (χ4v) is 2.43. The van der Waals surface area contributed by atoms with Gasteiger partial charge in [-0.2, -0.15) is 22.0 Å². The van der Waals surface area contributed by atoms with E-state index in [0.717, 1.165) is 0 Å². The predicted octanol–water partition coefficient (Wildman–Crippen LogP) is 2.02. The average molecular weight is 397 g/mol. The van der Waals surface area contributed by atoms with Crippen molar-refractivity contribution in [3.63, 3.8) is 0 Å². The highest BCUT2D eigenvalue weighted by Crippen LogP contribution is 2.28. The molecule has 0 aliphatic rings. The number of carbonyl (C=O) groups is 1. The molecule has 1 aromatic carbocycles. The molecule has 0 aliphatic heterocycles. The van der Waals surface area contributed by atoms with Crippen LogP contribution in [0.15, 0.2) is 29.4 Å². The first-order chi connectivity index (χ1) is 12.2. The molecule has 0 spiro atoms. The van der Waals surface area contributed by atoms with Gasteiger partial charge in [0, 0.05) is 6.54 Å². The number of halogens is 5. The van der Waals surface area contributed by atoms with Crippen molar-refractivity contribution in [2.24, 2.45) is 0 Å². The number of alkyl halides is 5. The molecular weight excluding hydrogens is 385 g/mol. The molecule has 0 saturated carbocycles. The number of hydrogen-bond donors (Lipinski definition) is 2. The van der Waals surface area contributed by atoms with Crippen LogP contribution in [-0.2, 0) is 17.5 Å². The van der Waals surface area contributed by atoms with Crippen LogP contribution < -0.4 is 15.9 Å². The van der Waals surface area contributed by atoms with Crippen LogP contribution in [0.2, 0.25) is 0 Å². The van der Waals surface area contributed by atoms with E-state index < -0.39 is 24.5 Å². The van der Waals surface area contributed by atoms with Crippen molar-refractivity contribution in [1.82, 2.24) is 20.2 Å². The minimum absolute atomic E-state index is 0.0200. The van der Waals surface area contributed by atoms with Crippen LogP contribution in [0, 0.1) is 0 Å². The number of nitrogens with two attached hydrogens (primary N) is 1. The molecule has 0 atom stereocenters. The third-order valence-electron chi connectivity index (χ3n) is 2.89. The zero-order chi connectivity index (χ0) is 19.3. The summed E-state index contributed by atoms with van der Waals surface area (Å²) in [6.07, 6.45) is -4.75. The third-order valence-corrected chi connectivity index (χ3v) is 3.83. The summed E-state index contributed by atoms with van der Waals surface area (Å²) in [6.45, 7) is -2.84. The number of amides is 1. The minimum atomic E-state index is -4.75. The number of nitrogens with one attached hydrogen (secondary N) is 1. The van der Waals surface area contributed by atoms with Crippen LogP contribution >= 0.6 is 11.8 Å². The largest absolute Gasteiger partial charge is 0.453 e. The van der Waals surface area contributed by atoms with Gasteiger partial charge in [-0.3, -0.25) is 4.79 Å². The summed E-state index contributed by atoms with van der Waals surface area (Å²) in [5.74, 6) is 3.13. The Morgan fingerprint density at radius 1 is 1.27 bits per heavy atom. The average Bonchev–Trinajstić information content (AvgIpc) is 2.92. The van der Waals surface area contributed by atoms with E-state index in [9.17, 15) is 26.7 Å². The summed E-state index contributed by atoms with van der Waals surface area (Å²) in [7, 11) is 0. The van der Waals surface area contributed by atoms with Gasteiger partial charge < -0.3 is 15.9 Å². The van der Waals surface area contributed by atoms with Crippen LogP contribution in [0.25, 0.3) is 0 Å². The summed E-state index contributed by atoms with van der Waals surface area (Å²) >= 11 is 0.685. The van der Waals surface area contributed by atoms with E-state index in [1.807, 2.05) is 0 Å². The molecule has 2 rings (SSSR count). The quantitative estimate of drug-likeness (QED) is 0.422. The van der Waals surface area contributed by atoms with Crippen LogP contribution in [0.4, 0.5) is 22.0 Å². The Bertz CT molecular complexity index is 750. The van der Waals surface area contributed by atoms with Crippen molar-refractivity contribution >= 4 is 17.7 Å². The maximum atomic E-state index is 12.5. The van der Waals surface area contributed by atoms with Crippen LogP contribution in [0.1, 0.15) is 11.4 Å². The predicted molar refractivity (Wildman–Crippen MR) is 80.8 cm³/mol. The van der Waals surface area contributed by atoms with Gasteiger partial charge in [-0.15, -0.1) is 10.2 Å². The highest BCUT2D eigenvalue weighted by Gasteiger charge is 2.38. The van der Waals surface area contributed by atoms with Gasteiger partial charge in [-0.05, 0) is 17.7 Å². The molecule has 142 valence electrons. The zero-order valence-electron chi connectivity index (χ0n) is 12.8. The first-order valence-electron chi connectivity index (χ1n) is 6.87. The van der Waals surface area contributed by atoms with Gasteiger partial charge in [-0.25, -0.2) is 4.68 Å². The van der Waals surface area contributed by atoms with Gasteiger partial charge in [0.1, 0.15) is 5.75 Å². The highest BCUT2D eigenvalue weighted by atomic mass is 32.2. The fourth-order valence-electron chi connectivity index (χ4n) is 1.74. The van der Waals surface area contributed by atoms with Crippen LogP contribution in [-0.4, -0.2) is 33.1 Å². The molecule has 0 saturated heterocycles. The second kappa shape index (κ2) is 8.21. The fraction of sp³-hybridized carbons (Fsp3) is 0.308. The Labute approximate surface area is 147 Å². The van der Waals surface area contributed by atoms with Crippen molar-refractivity contribution in [2.45, 2.75) is 24.5 Å². The van der Waals surface area contributed by atoms with E-state index in [1.165, 1.54) is 24.3 Å². The molecule has 0 aliphatic carbocycles. The lowest BCUT2D eigenvalue weighted by Gasteiger charge is -2.08. The molecule has 1 aromatic heterocycles. The van der Waals surface area contributed by atoms with E-state index in [-0.39, 0.29) is 27.9 Å². The van der Waals surface area contributed by atoms with Gasteiger partial charge in [0.05, 0.1) is 5.75 Å². The summed E-state index contributed by atoms with van der Waals surface area (Å²) in [5, 5.41) is 8.47. The van der Waals surface area contributed by atoms with Crippen molar-refractivity contribution in [3.05, 3.63) is 35.7 Å². The Hall–Kier alpha value is -2.57. The Morgan fingerprint density at radius 3 is 2.46 bits per heavy atom. The lowest BCUT2D eigenvalue weighted by Crippen LogP contribution is -2.25. The Kier molecular flexibility index (Phi) is 6.23. The minimum Gasteiger partial charge on any atom is -0.435 e. The summed E-state index contributed by atoms with van der Waals surface area (Å²) in [5.41, 5.74) is 0.617. The van der Waals surface area contributed by atoms with Crippen molar-refractivity contribution < 1.29 is 31.5 Å². The number of thioether (sulfide) groups is 1. The Morgan fingerprint density at radius 2 is 1.92 bits per heavy atom. The molecule has 2 aromatic rings. The molecule has 1 amide bonds. The normalized spacial score (nSPS) is 11.6. The number of rotatable bonds is 7.